The number of hydrogen-bond donors (Lipinski definition) is 2. The van der Waals surface area contributed by atoms with Crippen LogP contribution in [-0.4, -0.2) is 11.0 Å². The molecule has 23 heavy (non-hydrogen) atoms. The number of hydrazine groups is 1. The minimum Gasteiger partial charge on any atom is -0.374 e. The predicted molar refractivity (Wildman–Crippen MR) is 90.2 cm³/mol. The molecule has 1 heterocycles. The summed E-state index contributed by atoms with van der Waals surface area (Å²) in [6.07, 6.45) is -4.52. The lowest BCUT2D eigenvalue weighted by molar-refractivity contribution is -0.137. The third-order valence-electron chi connectivity index (χ3n) is 2.69. The van der Waals surface area contributed by atoms with E-state index in [0.717, 1.165) is 28.5 Å². The van der Waals surface area contributed by atoms with E-state index >= 15 is 0 Å². The highest BCUT2D eigenvalue weighted by Gasteiger charge is 2.31. The summed E-state index contributed by atoms with van der Waals surface area (Å²) in [6.45, 7) is 0. The number of hydrogen-bond acceptors (Lipinski definition) is 3. The van der Waals surface area contributed by atoms with Crippen LogP contribution >= 0.6 is 39.5 Å². The molecule has 0 bridgehead atoms. The van der Waals surface area contributed by atoms with Crippen molar-refractivity contribution in [1.29, 1.82) is 0 Å². The van der Waals surface area contributed by atoms with Crippen molar-refractivity contribution in [2.24, 2.45) is 5.73 Å². The van der Waals surface area contributed by atoms with Gasteiger partial charge in [0.25, 0.3) is 5.91 Å². The molecule has 0 atom stereocenters. The predicted octanol–water partition coefficient (Wildman–Crippen LogP) is 3.92. The van der Waals surface area contributed by atoms with E-state index in [1.807, 2.05) is 0 Å². The quantitative estimate of drug-likeness (QED) is 0.567. The first kappa shape index (κ1) is 17.7. The average molecular weight is 424 g/mol. The van der Waals surface area contributed by atoms with Crippen LogP contribution in [0.2, 0.25) is 0 Å². The van der Waals surface area contributed by atoms with Crippen LogP contribution in [0.5, 0.6) is 0 Å². The molecule has 1 amide bonds. The van der Waals surface area contributed by atoms with Gasteiger partial charge in [-0.05, 0) is 57.8 Å². The lowest BCUT2D eigenvalue weighted by Crippen LogP contribution is -2.49. The molecule has 0 spiro atoms. The highest BCUT2D eigenvalue weighted by molar-refractivity contribution is 9.10. The van der Waals surface area contributed by atoms with Crippen molar-refractivity contribution >= 4 is 56.2 Å². The number of amides is 1. The SMILES string of the molecule is NC(=S)N(NC(=O)c1sccc1Br)c1cccc(C(F)(F)F)c1. The summed E-state index contributed by atoms with van der Waals surface area (Å²) in [7, 11) is 0. The Kier molecular flexibility index (Phi) is 5.27. The van der Waals surface area contributed by atoms with Crippen LogP contribution in [0, 0.1) is 0 Å². The molecule has 2 aromatic rings. The van der Waals surface area contributed by atoms with Gasteiger partial charge in [0.2, 0.25) is 0 Å². The first-order valence-corrected chi connectivity index (χ1v) is 8.09. The number of benzene rings is 1. The molecule has 2 rings (SSSR count). The van der Waals surface area contributed by atoms with Gasteiger partial charge >= 0.3 is 6.18 Å². The topological polar surface area (TPSA) is 58.4 Å². The van der Waals surface area contributed by atoms with E-state index in [4.69, 9.17) is 18.0 Å². The monoisotopic (exact) mass is 423 g/mol. The zero-order chi connectivity index (χ0) is 17.2. The van der Waals surface area contributed by atoms with E-state index in [9.17, 15) is 18.0 Å². The van der Waals surface area contributed by atoms with Crippen LogP contribution in [-0.2, 0) is 6.18 Å². The van der Waals surface area contributed by atoms with Gasteiger partial charge in [0.15, 0.2) is 5.11 Å². The van der Waals surface area contributed by atoms with E-state index in [1.165, 1.54) is 12.1 Å². The van der Waals surface area contributed by atoms with Crippen LogP contribution in [0.3, 0.4) is 0 Å². The zero-order valence-corrected chi connectivity index (χ0v) is 14.4. The van der Waals surface area contributed by atoms with E-state index in [2.05, 4.69) is 21.4 Å². The molecule has 0 fully saturated rings. The van der Waals surface area contributed by atoms with Crippen molar-refractivity contribution in [1.82, 2.24) is 5.43 Å². The van der Waals surface area contributed by atoms with Gasteiger partial charge in [0.1, 0.15) is 4.88 Å². The molecule has 122 valence electrons. The van der Waals surface area contributed by atoms with Gasteiger partial charge in [0.05, 0.1) is 11.3 Å². The van der Waals surface area contributed by atoms with Gasteiger partial charge in [-0.15, -0.1) is 11.3 Å². The Bertz CT molecular complexity index is 748. The van der Waals surface area contributed by atoms with Crippen molar-refractivity contribution in [3.8, 4) is 0 Å². The summed E-state index contributed by atoms with van der Waals surface area (Å²) in [5, 5.41) is 2.33. The van der Waals surface area contributed by atoms with Gasteiger partial charge in [0, 0.05) is 4.47 Å². The van der Waals surface area contributed by atoms with Crippen LogP contribution < -0.4 is 16.2 Å². The largest absolute Gasteiger partial charge is 0.416 e. The van der Waals surface area contributed by atoms with Gasteiger partial charge in [-0.3, -0.25) is 10.2 Å². The molecule has 10 heteroatoms. The highest BCUT2D eigenvalue weighted by Crippen LogP contribution is 2.31. The maximum atomic E-state index is 12.8. The number of carbonyl (C=O) groups excluding carboxylic acids is 1. The van der Waals surface area contributed by atoms with Crippen LogP contribution in [0.1, 0.15) is 15.2 Å². The maximum absolute atomic E-state index is 12.8. The number of nitrogens with zero attached hydrogens (tertiary/aromatic N) is 1. The second-order valence-electron chi connectivity index (χ2n) is 4.26. The van der Waals surface area contributed by atoms with Crippen molar-refractivity contribution in [2.45, 2.75) is 6.18 Å². The Balaban J connectivity index is 2.31. The molecular formula is C13H9BrF3N3OS2. The summed E-state index contributed by atoms with van der Waals surface area (Å²) >= 11 is 9.19. The standard InChI is InChI=1S/C13H9BrF3N3OS2/c14-9-4-5-23-10(9)11(21)19-20(12(18)22)8-3-1-2-7(6-8)13(15,16)17/h1-6H,(H2,18,22)(H,19,21). The fourth-order valence-corrected chi connectivity index (χ4v) is 3.27. The van der Waals surface area contributed by atoms with Crippen molar-refractivity contribution in [3.05, 3.63) is 50.6 Å². The number of thiocarbonyl (C=S) groups is 1. The summed E-state index contributed by atoms with van der Waals surface area (Å²) < 4.78 is 39.0. The Morgan fingerprint density at radius 3 is 2.57 bits per heavy atom. The minimum absolute atomic E-state index is 0.00773. The van der Waals surface area contributed by atoms with E-state index in [0.29, 0.717) is 9.35 Å². The van der Waals surface area contributed by atoms with Crippen molar-refractivity contribution < 1.29 is 18.0 Å². The van der Waals surface area contributed by atoms with Crippen LogP contribution in [0.4, 0.5) is 18.9 Å². The summed E-state index contributed by atoms with van der Waals surface area (Å²) in [5.74, 6) is -0.544. The summed E-state index contributed by atoms with van der Waals surface area (Å²) in [5.41, 5.74) is 7.05. The van der Waals surface area contributed by atoms with Gasteiger partial charge < -0.3 is 5.73 Å². The number of carbonyl (C=O) groups is 1. The molecule has 0 unspecified atom stereocenters. The van der Waals surface area contributed by atoms with Crippen LogP contribution in [0.15, 0.2) is 40.2 Å². The summed E-state index contributed by atoms with van der Waals surface area (Å²) in [6, 6.07) is 6.01. The number of anilines is 1. The Morgan fingerprint density at radius 1 is 1.35 bits per heavy atom. The molecule has 0 saturated heterocycles. The van der Waals surface area contributed by atoms with E-state index < -0.39 is 17.6 Å². The number of nitrogens with two attached hydrogens (primary N) is 1. The second-order valence-corrected chi connectivity index (χ2v) is 6.45. The Labute approximate surface area is 147 Å². The van der Waals surface area contributed by atoms with Crippen molar-refractivity contribution in [3.63, 3.8) is 0 Å². The fourth-order valence-electron chi connectivity index (χ4n) is 1.68. The second kappa shape index (κ2) is 6.85. The normalized spacial score (nSPS) is 11.1. The summed E-state index contributed by atoms with van der Waals surface area (Å²) in [4.78, 5) is 12.5. The zero-order valence-electron chi connectivity index (χ0n) is 11.2. The molecule has 0 saturated carbocycles. The molecule has 0 aliphatic rings. The van der Waals surface area contributed by atoms with E-state index in [-0.39, 0.29) is 10.8 Å². The lowest BCUT2D eigenvalue weighted by atomic mass is 10.2. The van der Waals surface area contributed by atoms with Gasteiger partial charge in [-0.2, -0.15) is 13.2 Å². The Morgan fingerprint density at radius 2 is 2.04 bits per heavy atom. The number of rotatable bonds is 2. The first-order chi connectivity index (χ1) is 10.7. The van der Waals surface area contributed by atoms with Gasteiger partial charge in [-0.1, -0.05) is 6.07 Å². The molecule has 0 aliphatic carbocycles. The molecule has 0 aliphatic heterocycles. The number of alkyl halides is 3. The third-order valence-corrected chi connectivity index (χ3v) is 4.71. The molecule has 4 nitrogen and oxygen atoms in total. The molecule has 1 aromatic carbocycles. The number of nitrogens with one attached hydrogen (secondary N) is 1. The number of thiophene rings is 1. The van der Waals surface area contributed by atoms with Crippen LogP contribution in [0.25, 0.3) is 0 Å². The molecule has 3 N–H and O–H groups in total. The third kappa shape index (κ3) is 4.21. The highest BCUT2D eigenvalue weighted by atomic mass is 79.9. The smallest absolute Gasteiger partial charge is 0.374 e. The molecular weight excluding hydrogens is 415 g/mol. The average Bonchev–Trinajstić information content (AvgIpc) is 2.89. The van der Waals surface area contributed by atoms with Crippen molar-refractivity contribution in [2.75, 3.05) is 5.01 Å². The maximum Gasteiger partial charge on any atom is 0.416 e. The van der Waals surface area contributed by atoms with E-state index in [1.54, 1.807) is 11.4 Å². The molecule has 1 aromatic heterocycles. The minimum atomic E-state index is -4.52. The first-order valence-electron chi connectivity index (χ1n) is 6.01. The number of halogens is 4. The lowest BCUT2D eigenvalue weighted by Gasteiger charge is -2.24. The van der Waals surface area contributed by atoms with Gasteiger partial charge in [-0.25, -0.2) is 5.01 Å². The fraction of sp³-hybridized carbons (Fsp3) is 0.0769. The molecule has 0 radical (unpaired) electrons. The Hall–Kier alpha value is -1.65.